The predicted molar refractivity (Wildman–Crippen MR) is 79.4 cm³/mol. The molecule has 0 bridgehead atoms. The first-order valence-corrected chi connectivity index (χ1v) is 7.15. The van der Waals surface area contributed by atoms with Gasteiger partial charge in [0.05, 0.1) is 16.4 Å². The summed E-state index contributed by atoms with van der Waals surface area (Å²) in [5, 5.41) is 20.3. The Bertz CT molecular complexity index is 490. The predicted octanol–water partition coefficient (Wildman–Crippen LogP) is 4.59. The average Bonchev–Trinajstić information content (AvgIpc) is 2.48. The second-order valence-corrected chi connectivity index (χ2v) is 5.40. The van der Waals surface area contributed by atoms with E-state index in [-0.39, 0.29) is 5.69 Å². The van der Waals surface area contributed by atoms with E-state index in [0.29, 0.717) is 5.92 Å². The van der Waals surface area contributed by atoms with E-state index in [0.717, 1.165) is 31.2 Å². The minimum Gasteiger partial charge on any atom is -0.258 e. The van der Waals surface area contributed by atoms with Crippen molar-refractivity contribution in [3.8, 4) is 6.07 Å². The second kappa shape index (κ2) is 7.04. The molecule has 2 unspecified atom stereocenters. The highest BCUT2D eigenvalue weighted by Gasteiger charge is 2.30. The van der Waals surface area contributed by atoms with E-state index in [1.54, 1.807) is 12.1 Å². The summed E-state index contributed by atoms with van der Waals surface area (Å²) in [6, 6.07) is 8.86. The monoisotopic (exact) mass is 274 g/mol. The molecule has 108 valence electrons. The molecule has 0 radical (unpaired) electrons. The van der Waals surface area contributed by atoms with E-state index in [2.05, 4.69) is 19.9 Å². The summed E-state index contributed by atoms with van der Waals surface area (Å²) in [6.07, 6.45) is 3.62. The summed E-state index contributed by atoms with van der Waals surface area (Å²) in [5.41, 5.74) is 0.425. The van der Waals surface area contributed by atoms with Crippen LogP contribution in [0.1, 0.15) is 52.0 Å². The molecule has 0 fully saturated rings. The number of benzene rings is 1. The van der Waals surface area contributed by atoms with E-state index in [9.17, 15) is 15.4 Å². The largest absolute Gasteiger partial charge is 0.269 e. The molecule has 0 aliphatic rings. The number of nitro benzene ring substituents is 1. The fourth-order valence-electron chi connectivity index (χ4n) is 2.32. The number of hydrogen-bond donors (Lipinski definition) is 0. The Morgan fingerprint density at radius 3 is 2.35 bits per heavy atom. The first-order chi connectivity index (χ1) is 9.49. The van der Waals surface area contributed by atoms with E-state index in [1.165, 1.54) is 12.1 Å². The molecule has 1 aromatic carbocycles. The fraction of sp³-hybridized carbons (Fsp3) is 0.562. The van der Waals surface area contributed by atoms with Crippen molar-refractivity contribution in [2.45, 2.75) is 51.9 Å². The first-order valence-electron chi connectivity index (χ1n) is 7.15. The summed E-state index contributed by atoms with van der Waals surface area (Å²) >= 11 is 0. The van der Waals surface area contributed by atoms with Crippen LogP contribution in [0.4, 0.5) is 5.69 Å². The molecule has 0 aliphatic heterocycles. The van der Waals surface area contributed by atoms with Crippen LogP contribution in [0.2, 0.25) is 0 Å². The lowest BCUT2D eigenvalue weighted by atomic mass is 9.74. The summed E-state index contributed by atoms with van der Waals surface area (Å²) < 4.78 is 0. The molecule has 0 aliphatic carbocycles. The molecular formula is C16H22N2O2. The summed E-state index contributed by atoms with van der Waals surface area (Å²) in [5.74, 6) is 0.590. The maximum atomic E-state index is 10.7. The lowest BCUT2D eigenvalue weighted by molar-refractivity contribution is -0.384. The van der Waals surface area contributed by atoms with Crippen LogP contribution in [0, 0.1) is 27.4 Å². The van der Waals surface area contributed by atoms with Crippen molar-refractivity contribution in [1.29, 1.82) is 5.26 Å². The van der Waals surface area contributed by atoms with Crippen molar-refractivity contribution in [3.05, 3.63) is 39.9 Å². The van der Waals surface area contributed by atoms with Crippen molar-refractivity contribution >= 4 is 5.69 Å². The first kappa shape index (κ1) is 16.2. The third kappa shape index (κ3) is 3.57. The summed E-state index contributed by atoms with van der Waals surface area (Å²) in [7, 11) is 0. The van der Waals surface area contributed by atoms with Crippen LogP contribution < -0.4 is 0 Å². The Labute approximate surface area is 120 Å². The highest BCUT2D eigenvalue weighted by molar-refractivity contribution is 5.39. The third-order valence-corrected chi connectivity index (χ3v) is 4.21. The number of nitrogens with zero attached hydrogens (tertiary/aromatic N) is 2. The smallest absolute Gasteiger partial charge is 0.258 e. The minimum atomic E-state index is -0.529. The van der Waals surface area contributed by atoms with E-state index >= 15 is 0 Å². The number of nitriles is 1. The molecule has 0 saturated heterocycles. The second-order valence-electron chi connectivity index (χ2n) is 5.40. The van der Waals surface area contributed by atoms with Crippen molar-refractivity contribution in [1.82, 2.24) is 0 Å². The van der Waals surface area contributed by atoms with Gasteiger partial charge in [0, 0.05) is 12.1 Å². The van der Waals surface area contributed by atoms with Gasteiger partial charge in [-0.15, -0.1) is 0 Å². The Kier molecular flexibility index (Phi) is 5.69. The van der Waals surface area contributed by atoms with E-state index < -0.39 is 10.3 Å². The quantitative estimate of drug-likeness (QED) is 0.539. The lowest BCUT2D eigenvalue weighted by Crippen LogP contribution is -2.24. The molecule has 0 N–H and O–H groups in total. The molecule has 4 heteroatoms. The Balaban J connectivity index is 3.00. The van der Waals surface area contributed by atoms with Gasteiger partial charge in [0.2, 0.25) is 0 Å². The number of non-ortho nitro benzene ring substituents is 1. The molecule has 20 heavy (non-hydrogen) atoms. The highest BCUT2D eigenvalue weighted by atomic mass is 16.6. The molecular weight excluding hydrogens is 252 g/mol. The average molecular weight is 274 g/mol. The van der Waals surface area contributed by atoms with Crippen LogP contribution in [0.15, 0.2) is 24.3 Å². The zero-order valence-corrected chi connectivity index (χ0v) is 12.4. The summed E-state index contributed by atoms with van der Waals surface area (Å²) in [4.78, 5) is 10.3. The van der Waals surface area contributed by atoms with Crippen molar-refractivity contribution in [3.63, 3.8) is 0 Å². The molecule has 1 rings (SSSR count). The minimum absolute atomic E-state index is 0.0682. The normalized spacial score (nSPS) is 15.1. The zero-order chi connectivity index (χ0) is 15.2. The van der Waals surface area contributed by atoms with Gasteiger partial charge >= 0.3 is 0 Å². The van der Waals surface area contributed by atoms with Crippen molar-refractivity contribution < 1.29 is 4.92 Å². The van der Waals surface area contributed by atoms with Crippen LogP contribution in [0.5, 0.6) is 0 Å². The number of hydrogen-bond acceptors (Lipinski definition) is 3. The molecule has 0 heterocycles. The van der Waals surface area contributed by atoms with E-state index in [4.69, 9.17) is 0 Å². The van der Waals surface area contributed by atoms with Crippen LogP contribution in [0.25, 0.3) is 0 Å². The van der Waals surface area contributed by atoms with Gasteiger partial charge < -0.3 is 0 Å². The Hall–Kier alpha value is -1.89. The van der Waals surface area contributed by atoms with Gasteiger partial charge in [-0.05, 0) is 30.7 Å². The maximum Gasteiger partial charge on any atom is 0.269 e. The van der Waals surface area contributed by atoms with Gasteiger partial charge in [-0.25, -0.2) is 0 Å². The Morgan fingerprint density at radius 1 is 1.35 bits per heavy atom. The van der Waals surface area contributed by atoms with Gasteiger partial charge in [-0.1, -0.05) is 39.3 Å². The summed E-state index contributed by atoms with van der Waals surface area (Å²) in [6.45, 7) is 6.34. The van der Waals surface area contributed by atoms with Gasteiger partial charge in [-0.2, -0.15) is 5.26 Å². The van der Waals surface area contributed by atoms with Crippen LogP contribution in [-0.4, -0.2) is 4.92 Å². The maximum absolute atomic E-state index is 10.7. The van der Waals surface area contributed by atoms with Crippen molar-refractivity contribution in [2.24, 2.45) is 5.92 Å². The van der Waals surface area contributed by atoms with E-state index in [1.807, 2.05) is 6.92 Å². The SMILES string of the molecule is CCC(C)CCC(C#N)(CC)c1ccc([N+](=O)[O-])cc1. The molecule has 0 amide bonds. The van der Waals surface area contributed by atoms with Crippen molar-refractivity contribution in [2.75, 3.05) is 0 Å². The molecule has 0 saturated carbocycles. The highest BCUT2D eigenvalue weighted by Crippen LogP contribution is 2.34. The van der Waals surface area contributed by atoms with Crippen LogP contribution in [-0.2, 0) is 5.41 Å². The standard InChI is InChI=1S/C16H22N2O2/c1-4-13(3)10-11-16(5-2,12-17)14-6-8-15(9-7-14)18(19)20/h6-9,13H,4-5,10-11H2,1-3H3. The topological polar surface area (TPSA) is 66.9 Å². The van der Waals surface area contributed by atoms with Gasteiger partial charge in [0.25, 0.3) is 5.69 Å². The van der Waals surface area contributed by atoms with Gasteiger partial charge in [0.1, 0.15) is 0 Å². The van der Waals surface area contributed by atoms with Crippen LogP contribution >= 0.6 is 0 Å². The molecule has 0 spiro atoms. The fourth-order valence-corrected chi connectivity index (χ4v) is 2.32. The van der Waals surface area contributed by atoms with Gasteiger partial charge in [0.15, 0.2) is 0 Å². The van der Waals surface area contributed by atoms with Crippen LogP contribution in [0.3, 0.4) is 0 Å². The molecule has 4 nitrogen and oxygen atoms in total. The molecule has 2 atom stereocenters. The number of rotatable bonds is 7. The number of nitro groups is 1. The Morgan fingerprint density at radius 2 is 1.95 bits per heavy atom. The third-order valence-electron chi connectivity index (χ3n) is 4.21. The molecule has 0 aromatic heterocycles. The lowest BCUT2D eigenvalue weighted by Gasteiger charge is -2.27. The van der Waals surface area contributed by atoms with Gasteiger partial charge in [-0.3, -0.25) is 10.1 Å². The zero-order valence-electron chi connectivity index (χ0n) is 12.4. The molecule has 1 aromatic rings.